The van der Waals surface area contributed by atoms with E-state index in [-0.39, 0.29) is 17.1 Å². The third kappa shape index (κ3) is 3.18. The summed E-state index contributed by atoms with van der Waals surface area (Å²) in [6.07, 6.45) is 1.46. The van der Waals surface area contributed by atoms with Gasteiger partial charge in [-0.1, -0.05) is 11.3 Å². The monoisotopic (exact) mass is 290 g/mol. The fraction of sp³-hybridized carbons (Fsp3) is 0.0909. The molecule has 21 heavy (non-hydrogen) atoms. The van der Waals surface area contributed by atoms with Gasteiger partial charge in [0.25, 0.3) is 0 Å². The van der Waals surface area contributed by atoms with Gasteiger partial charge in [0.2, 0.25) is 5.91 Å². The Balaban J connectivity index is 2.41. The average molecular weight is 290 g/mol. The molecule has 4 N–H and O–H groups in total. The first kappa shape index (κ1) is 14.1. The van der Waals surface area contributed by atoms with Crippen molar-refractivity contribution in [2.45, 2.75) is 6.54 Å². The highest BCUT2D eigenvalue weighted by molar-refractivity contribution is 5.94. The lowest BCUT2D eigenvalue weighted by atomic mass is 10.2. The molecule has 3 amide bonds. The van der Waals surface area contributed by atoms with Crippen LogP contribution in [-0.2, 0) is 11.3 Å². The number of nitrogens with zero attached hydrogens (tertiary/aromatic N) is 4. The molecule has 2 aromatic rings. The Kier molecular flexibility index (Phi) is 3.88. The number of hydrogen-bond acceptors (Lipinski definition) is 6. The highest BCUT2D eigenvalue weighted by Gasteiger charge is 2.22. The lowest BCUT2D eigenvalue weighted by Crippen LogP contribution is -2.37. The average Bonchev–Trinajstić information content (AvgIpc) is 2.82. The van der Waals surface area contributed by atoms with Crippen molar-refractivity contribution >= 4 is 17.9 Å². The van der Waals surface area contributed by atoms with Crippen LogP contribution in [0.5, 0.6) is 0 Å². The van der Waals surface area contributed by atoms with Gasteiger partial charge in [-0.25, -0.2) is 14.3 Å². The van der Waals surface area contributed by atoms with Crippen LogP contribution in [0.1, 0.15) is 10.5 Å². The maximum atomic E-state index is 11.5. The van der Waals surface area contributed by atoms with Crippen molar-refractivity contribution in [2.24, 2.45) is 5.73 Å². The zero-order chi connectivity index (χ0) is 15.4. The van der Waals surface area contributed by atoms with Gasteiger partial charge in [0.05, 0.1) is 5.69 Å². The van der Waals surface area contributed by atoms with Gasteiger partial charge < -0.3 is 10.8 Å². The quantitative estimate of drug-likeness (QED) is 0.668. The molecular weight excluding hydrogens is 280 g/mol. The summed E-state index contributed by atoms with van der Waals surface area (Å²) in [6, 6.07) is 3.83. The Hall–Kier alpha value is -3.30. The number of hydrogen-bond donors (Lipinski definition) is 3. The Morgan fingerprint density at radius 2 is 2.10 bits per heavy atom. The SMILES string of the molecule is NC(=O)NC(=O)Cn1nnc(C(=O)O)c1-c1ccccn1. The van der Waals surface area contributed by atoms with Crippen LogP contribution in [0.2, 0.25) is 0 Å². The van der Waals surface area contributed by atoms with E-state index < -0.39 is 24.5 Å². The molecule has 0 fully saturated rings. The molecule has 0 aliphatic heterocycles. The molecule has 10 nitrogen and oxygen atoms in total. The smallest absolute Gasteiger partial charge is 0.358 e. The van der Waals surface area contributed by atoms with Crippen molar-refractivity contribution in [3.8, 4) is 11.4 Å². The topological polar surface area (TPSA) is 153 Å². The lowest BCUT2D eigenvalue weighted by Gasteiger charge is -2.05. The molecule has 108 valence electrons. The molecule has 2 rings (SSSR count). The van der Waals surface area contributed by atoms with Crippen molar-refractivity contribution in [3.05, 3.63) is 30.1 Å². The number of rotatable bonds is 4. The van der Waals surface area contributed by atoms with Crippen LogP contribution in [0.15, 0.2) is 24.4 Å². The molecule has 0 saturated carbocycles. The highest BCUT2D eigenvalue weighted by Crippen LogP contribution is 2.19. The van der Waals surface area contributed by atoms with E-state index >= 15 is 0 Å². The van der Waals surface area contributed by atoms with Gasteiger partial charge in [-0.2, -0.15) is 0 Å². The second kappa shape index (κ2) is 5.77. The molecule has 2 heterocycles. The molecule has 0 aliphatic carbocycles. The van der Waals surface area contributed by atoms with Crippen LogP contribution in [0, 0.1) is 0 Å². The minimum atomic E-state index is -1.31. The number of amides is 3. The first-order valence-electron chi connectivity index (χ1n) is 5.66. The zero-order valence-electron chi connectivity index (χ0n) is 10.6. The van der Waals surface area contributed by atoms with E-state index in [0.717, 1.165) is 4.68 Å². The van der Waals surface area contributed by atoms with E-state index in [1.165, 1.54) is 6.20 Å². The largest absolute Gasteiger partial charge is 0.476 e. The Morgan fingerprint density at radius 3 is 2.67 bits per heavy atom. The van der Waals surface area contributed by atoms with Gasteiger partial charge in [0, 0.05) is 6.20 Å². The van der Waals surface area contributed by atoms with Crippen molar-refractivity contribution in [2.75, 3.05) is 0 Å². The van der Waals surface area contributed by atoms with Crippen molar-refractivity contribution in [3.63, 3.8) is 0 Å². The molecule has 0 atom stereocenters. The Bertz CT molecular complexity index is 696. The number of nitrogens with two attached hydrogens (primary N) is 1. The number of carboxylic acid groups (broad SMARTS) is 1. The molecule has 10 heteroatoms. The first-order valence-corrected chi connectivity index (χ1v) is 5.66. The number of carbonyl (C=O) groups excluding carboxylic acids is 2. The number of pyridine rings is 1. The van der Waals surface area contributed by atoms with Gasteiger partial charge in [-0.3, -0.25) is 15.1 Å². The fourth-order valence-electron chi connectivity index (χ4n) is 1.64. The minimum Gasteiger partial charge on any atom is -0.476 e. The fourth-order valence-corrected chi connectivity index (χ4v) is 1.64. The maximum absolute atomic E-state index is 11.5. The van der Waals surface area contributed by atoms with E-state index in [1.807, 2.05) is 5.32 Å². The zero-order valence-corrected chi connectivity index (χ0v) is 10.6. The summed E-state index contributed by atoms with van der Waals surface area (Å²) in [4.78, 5) is 37.3. The second-order valence-electron chi connectivity index (χ2n) is 3.88. The molecule has 0 aliphatic rings. The van der Waals surface area contributed by atoms with Crippen molar-refractivity contribution in [1.29, 1.82) is 0 Å². The Morgan fingerprint density at radius 1 is 1.33 bits per heavy atom. The molecule has 2 aromatic heterocycles. The van der Waals surface area contributed by atoms with Crippen molar-refractivity contribution in [1.82, 2.24) is 25.3 Å². The van der Waals surface area contributed by atoms with Gasteiger partial charge in [0.1, 0.15) is 12.2 Å². The summed E-state index contributed by atoms with van der Waals surface area (Å²) in [5.74, 6) is -2.06. The summed E-state index contributed by atoms with van der Waals surface area (Å²) in [5.41, 5.74) is 4.82. The molecule has 0 spiro atoms. The first-order chi connectivity index (χ1) is 9.99. The number of nitrogens with one attached hydrogen (secondary N) is 1. The molecule has 0 radical (unpaired) electrons. The predicted molar refractivity (Wildman–Crippen MR) is 67.9 cm³/mol. The van der Waals surface area contributed by atoms with Gasteiger partial charge in [-0.05, 0) is 12.1 Å². The summed E-state index contributed by atoms with van der Waals surface area (Å²) in [7, 11) is 0. The van der Waals surface area contributed by atoms with E-state index in [1.54, 1.807) is 18.2 Å². The number of aromatic nitrogens is 4. The number of carboxylic acids is 1. The van der Waals surface area contributed by atoms with Crippen LogP contribution in [0.25, 0.3) is 11.4 Å². The lowest BCUT2D eigenvalue weighted by molar-refractivity contribution is -0.120. The van der Waals surface area contributed by atoms with Crippen LogP contribution in [-0.4, -0.2) is 43.0 Å². The maximum Gasteiger partial charge on any atom is 0.358 e. The van der Waals surface area contributed by atoms with Crippen LogP contribution < -0.4 is 11.1 Å². The van der Waals surface area contributed by atoms with E-state index in [2.05, 4.69) is 15.3 Å². The Labute approximate surface area is 117 Å². The van der Waals surface area contributed by atoms with Crippen molar-refractivity contribution < 1.29 is 19.5 Å². The van der Waals surface area contributed by atoms with E-state index in [9.17, 15) is 14.4 Å². The number of carbonyl (C=O) groups is 3. The summed E-state index contributed by atoms with van der Waals surface area (Å²) in [6.45, 7) is -0.422. The molecule has 0 saturated heterocycles. The minimum absolute atomic E-state index is 0.0581. The summed E-state index contributed by atoms with van der Waals surface area (Å²) in [5, 5.41) is 18.0. The number of imide groups is 1. The number of urea groups is 1. The highest BCUT2D eigenvalue weighted by atomic mass is 16.4. The normalized spacial score (nSPS) is 10.1. The van der Waals surface area contributed by atoms with Crippen LogP contribution >= 0.6 is 0 Å². The molecule has 0 bridgehead atoms. The summed E-state index contributed by atoms with van der Waals surface area (Å²) >= 11 is 0. The predicted octanol–water partition coefficient (Wildman–Crippen LogP) is -0.767. The number of aromatic carboxylic acids is 1. The van der Waals surface area contributed by atoms with Crippen LogP contribution in [0.4, 0.5) is 4.79 Å². The molecule has 0 unspecified atom stereocenters. The second-order valence-corrected chi connectivity index (χ2v) is 3.88. The number of primary amides is 1. The third-order valence-electron chi connectivity index (χ3n) is 2.40. The van der Waals surface area contributed by atoms with Gasteiger partial charge in [0.15, 0.2) is 5.69 Å². The summed E-state index contributed by atoms with van der Waals surface area (Å²) < 4.78 is 1.03. The van der Waals surface area contributed by atoms with E-state index in [4.69, 9.17) is 10.8 Å². The van der Waals surface area contributed by atoms with Gasteiger partial charge >= 0.3 is 12.0 Å². The molecular formula is C11H10N6O4. The molecule has 0 aromatic carbocycles. The van der Waals surface area contributed by atoms with Gasteiger partial charge in [-0.15, -0.1) is 5.10 Å². The standard InChI is InChI=1S/C11H10N6O4/c12-11(21)14-7(18)5-17-9(6-3-1-2-4-13-6)8(10(19)20)15-16-17/h1-4H,5H2,(H,19,20)(H3,12,14,18,21). The third-order valence-corrected chi connectivity index (χ3v) is 2.40. The van der Waals surface area contributed by atoms with Crippen LogP contribution in [0.3, 0.4) is 0 Å². The van der Waals surface area contributed by atoms with E-state index in [0.29, 0.717) is 0 Å².